The van der Waals surface area contributed by atoms with E-state index in [0.29, 0.717) is 25.9 Å². The molecule has 2 aliphatic rings. The molecular formula is C14H27N3O3S. The van der Waals surface area contributed by atoms with E-state index in [9.17, 15) is 13.2 Å². The number of hydrogen-bond donors (Lipinski definition) is 2. The second kappa shape index (κ2) is 7.07. The fraction of sp³-hybridized carbons (Fsp3) is 0.929. The molecule has 21 heavy (non-hydrogen) atoms. The third-order valence-corrected chi connectivity index (χ3v) is 5.34. The molecule has 3 N–H and O–H groups in total. The monoisotopic (exact) mass is 317 g/mol. The topological polar surface area (TPSA) is 92.5 Å². The van der Waals surface area contributed by atoms with Gasteiger partial charge in [-0.25, -0.2) is 13.1 Å². The molecule has 1 aliphatic heterocycles. The summed E-state index contributed by atoms with van der Waals surface area (Å²) < 4.78 is 25.1. The maximum Gasteiger partial charge on any atom is 0.227 e. The molecule has 0 bridgehead atoms. The summed E-state index contributed by atoms with van der Waals surface area (Å²) in [6.45, 7) is 1.24. The fourth-order valence-corrected chi connectivity index (χ4v) is 4.24. The van der Waals surface area contributed by atoms with Crippen LogP contribution in [0, 0.1) is 5.92 Å². The van der Waals surface area contributed by atoms with Gasteiger partial charge < -0.3 is 10.6 Å². The molecule has 1 saturated carbocycles. The molecule has 0 aromatic rings. The average Bonchev–Trinajstić information content (AvgIpc) is 2.62. The Morgan fingerprint density at radius 1 is 1.10 bits per heavy atom. The molecule has 0 aromatic heterocycles. The van der Waals surface area contributed by atoms with E-state index in [1.807, 2.05) is 4.90 Å². The first-order chi connectivity index (χ1) is 9.87. The molecule has 1 aliphatic carbocycles. The molecule has 0 spiro atoms. The van der Waals surface area contributed by atoms with Gasteiger partial charge in [-0.2, -0.15) is 0 Å². The van der Waals surface area contributed by atoms with Crippen LogP contribution in [0.1, 0.15) is 44.9 Å². The SMILES string of the molecule is CS(=O)(=O)NC1CCN(C(=O)C2CCCCCC2N)CC1. The maximum atomic E-state index is 12.6. The minimum absolute atomic E-state index is 0.0214. The zero-order chi connectivity index (χ0) is 15.5. The van der Waals surface area contributed by atoms with E-state index in [-0.39, 0.29) is 23.9 Å². The summed E-state index contributed by atoms with van der Waals surface area (Å²) in [5, 5.41) is 0. The number of rotatable bonds is 3. The minimum atomic E-state index is -3.17. The highest BCUT2D eigenvalue weighted by Crippen LogP contribution is 2.25. The van der Waals surface area contributed by atoms with Gasteiger partial charge in [0.05, 0.1) is 12.2 Å². The van der Waals surface area contributed by atoms with E-state index >= 15 is 0 Å². The number of nitrogens with two attached hydrogens (primary N) is 1. The molecule has 2 unspecified atom stereocenters. The van der Waals surface area contributed by atoms with Crippen LogP contribution in [0.5, 0.6) is 0 Å². The molecule has 0 radical (unpaired) electrons. The van der Waals surface area contributed by atoms with Gasteiger partial charge in [0.1, 0.15) is 0 Å². The van der Waals surface area contributed by atoms with E-state index in [1.54, 1.807) is 0 Å². The summed E-state index contributed by atoms with van der Waals surface area (Å²) in [6, 6.07) is -0.0706. The summed E-state index contributed by atoms with van der Waals surface area (Å²) in [5.41, 5.74) is 6.16. The number of carbonyl (C=O) groups excluding carboxylic acids is 1. The number of likely N-dealkylation sites (tertiary alicyclic amines) is 1. The van der Waals surface area contributed by atoms with Crippen molar-refractivity contribution in [3.63, 3.8) is 0 Å². The zero-order valence-electron chi connectivity index (χ0n) is 12.8. The van der Waals surface area contributed by atoms with E-state index in [4.69, 9.17) is 5.73 Å². The Balaban J connectivity index is 1.87. The lowest BCUT2D eigenvalue weighted by molar-refractivity contribution is -0.137. The highest BCUT2D eigenvalue weighted by atomic mass is 32.2. The van der Waals surface area contributed by atoms with Crippen LogP contribution in [0.15, 0.2) is 0 Å². The summed E-state index contributed by atoms with van der Waals surface area (Å²) >= 11 is 0. The second-order valence-corrected chi connectivity index (χ2v) is 8.18. The summed E-state index contributed by atoms with van der Waals surface area (Å²) in [6.07, 6.45) is 7.72. The van der Waals surface area contributed by atoms with Crippen molar-refractivity contribution < 1.29 is 13.2 Å². The van der Waals surface area contributed by atoms with Crippen LogP contribution in [0.3, 0.4) is 0 Å². The second-order valence-electron chi connectivity index (χ2n) is 6.40. The van der Waals surface area contributed by atoms with Crippen LogP contribution >= 0.6 is 0 Å². The van der Waals surface area contributed by atoms with Crippen LogP contribution in [-0.4, -0.2) is 50.7 Å². The molecular weight excluding hydrogens is 290 g/mol. The lowest BCUT2D eigenvalue weighted by Gasteiger charge is -2.35. The van der Waals surface area contributed by atoms with Crippen molar-refractivity contribution in [3.8, 4) is 0 Å². The first kappa shape index (κ1) is 16.7. The van der Waals surface area contributed by atoms with Crippen molar-refractivity contribution >= 4 is 15.9 Å². The van der Waals surface area contributed by atoms with Crippen molar-refractivity contribution in [2.45, 2.75) is 57.0 Å². The molecule has 2 fully saturated rings. The quantitative estimate of drug-likeness (QED) is 0.739. The highest BCUT2D eigenvalue weighted by Gasteiger charge is 2.32. The lowest BCUT2D eigenvalue weighted by Crippen LogP contribution is -2.50. The first-order valence-corrected chi connectivity index (χ1v) is 9.77. The predicted octanol–water partition coefficient (Wildman–Crippen LogP) is 0.434. The van der Waals surface area contributed by atoms with Gasteiger partial charge in [-0.1, -0.05) is 19.3 Å². The Kier molecular flexibility index (Phi) is 5.62. The standard InChI is InChI=1S/C14H27N3O3S/c1-21(19,20)16-11-7-9-17(10-8-11)14(18)12-5-3-2-4-6-13(12)15/h11-13,16H,2-10,15H2,1H3. The summed E-state index contributed by atoms with van der Waals surface area (Å²) in [7, 11) is -3.17. The van der Waals surface area contributed by atoms with Crippen LogP contribution < -0.4 is 10.5 Å². The zero-order valence-corrected chi connectivity index (χ0v) is 13.6. The largest absolute Gasteiger partial charge is 0.342 e. The van der Waals surface area contributed by atoms with Gasteiger partial charge in [0, 0.05) is 25.2 Å². The Bertz CT molecular complexity index is 458. The van der Waals surface area contributed by atoms with Gasteiger partial charge in [-0.05, 0) is 25.7 Å². The van der Waals surface area contributed by atoms with Crippen LogP contribution in [0.4, 0.5) is 0 Å². The fourth-order valence-electron chi connectivity index (χ4n) is 3.40. The number of carbonyl (C=O) groups is 1. The van der Waals surface area contributed by atoms with E-state index in [1.165, 1.54) is 6.26 Å². The number of piperidine rings is 1. The number of sulfonamides is 1. The number of nitrogens with one attached hydrogen (secondary N) is 1. The van der Waals surface area contributed by atoms with Crippen molar-refractivity contribution in [1.29, 1.82) is 0 Å². The minimum Gasteiger partial charge on any atom is -0.342 e. The number of hydrogen-bond acceptors (Lipinski definition) is 4. The molecule has 2 atom stereocenters. The van der Waals surface area contributed by atoms with Gasteiger partial charge in [0.25, 0.3) is 0 Å². The van der Waals surface area contributed by atoms with Crippen molar-refractivity contribution in [1.82, 2.24) is 9.62 Å². The van der Waals surface area contributed by atoms with Gasteiger partial charge in [0.2, 0.25) is 15.9 Å². The Labute approximate surface area is 127 Å². The van der Waals surface area contributed by atoms with Crippen LogP contribution in [0.25, 0.3) is 0 Å². The van der Waals surface area contributed by atoms with Crippen molar-refractivity contribution in [2.75, 3.05) is 19.3 Å². The van der Waals surface area contributed by atoms with Crippen LogP contribution in [0.2, 0.25) is 0 Å². The molecule has 7 heteroatoms. The first-order valence-electron chi connectivity index (χ1n) is 7.88. The smallest absolute Gasteiger partial charge is 0.227 e. The number of amides is 1. The van der Waals surface area contributed by atoms with Crippen molar-refractivity contribution in [2.24, 2.45) is 11.7 Å². The molecule has 1 amide bonds. The highest BCUT2D eigenvalue weighted by molar-refractivity contribution is 7.88. The van der Waals surface area contributed by atoms with E-state index < -0.39 is 10.0 Å². The maximum absolute atomic E-state index is 12.6. The molecule has 6 nitrogen and oxygen atoms in total. The van der Waals surface area contributed by atoms with E-state index in [0.717, 1.165) is 32.1 Å². The number of nitrogens with zero attached hydrogens (tertiary/aromatic N) is 1. The van der Waals surface area contributed by atoms with Gasteiger partial charge in [-0.3, -0.25) is 4.79 Å². The molecule has 1 saturated heterocycles. The van der Waals surface area contributed by atoms with E-state index in [2.05, 4.69) is 4.72 Å². The normalized spacial score (nSPS) is 29.1. The molecule has 122 valence electrons. The van der Waals surface area contributed by atoms with Gasteiger partial charge in [0.15, 0.2) is 0 Å². The third-order valence-electron chi connectivity index (χ3n) is 4.57. The Morgan fingerprint density at radius 3 is 2.33 bits per heavy atom. The summed E-state index contributed by atoms with van der Waals surface area (Å²) in [5.74, 6) is 0.120. The third kappa shape index (κ3) is 4.93. The van der Waals surface area contributed by atoms with Gasteiger partial charge in [-0.15, -0.1) is 0 Å². The predicted molar refractivity (Wildman–Crippen MR) is 82.1 cm³/mol. The lowest BCUT2D eigenvalue weighted by atomic mass is 9.93. The van der Waals surface area contributed by atoms with Crippen LogP contribution in [-0.2, 0) is 14.8 Å². The molecule has 2 rings (SSSR count). The summed E-state index contributed by atoms with van der Waals surface area (Å²) in [4.78, 5) is 14.5. The Morgan fingerprint density at radius 2 is 1.71 bits per heavy atom. The average molecular weight is 317 g/mol. The molecule has 1 heterocycles. The van der Waals surface area contributed by atoms with Gasteiger partial charge >= 0.3 is 0 Å². The molecule has 0 aromatic carbocycles. The van der Waals surface area contributed by atoms with Crippen molar-refractivity contribution in [3.05, 3.63) is 0 Å². The Hall–Kier alpha value is -0.660.